The minimum Gasteiger partial charge on any atom is -0.360 e. The van der Waals surface area contributed by atoms with Gasteiger partial charge in [-0.15, -0.1) is 0 Å². The van der Waals surface area contributed by atoms with Crippen molar-refractivity contribution in [2.24, 2.45) is 5.41 Å². The van der Waals surface area contributed by atoms with Crippen LogP contribution in [0.25, 0.3) is 0 Å². The Hall–Kier alpha value is -2.79. The van der Waals surface area contributed by atoms with E-state index in [0.717, 1.165) is 5.56 Å². The van der Waals surface area contributed by atoms with Crippen LogP contribution < -0.4 is 4.90 Å². The molecule has 0 fully saturated rings. The Morgan fingerprint density at radius 1 is 0.964 bits per heavy atom. The van der Waals surface area contributed by atoms with Crippen molar-refractivity contribution in [2.75, 3.05) is 4.90 Å². The zero-order valence-electron chi connectivity index (χ0n) is 16.1. The largest absolute Gasteiger partial charge is 0.360 e. The van der Waals surface area contributed by atoms with Gasteiger partial charge in [-0.05, 0) is 43.0 Å². The summed E-state index contributed by atoms with van der Waals surface area (Å²) >= 11 is 0. The van der Waals surface area contributed by atoms with E-state index in [9.17, 15) is 19.1 Å². The number of ketones is 2. The highest BCUT2D eigenvalue weighted by atomic mass is 19.1. The van der Waals surface area contributed by atoms with E-state index in [2.05, 4.69) is 0 Å². The number of Topliss-reactive ketones (excluding diaryl/α,β-unsaturated/α-hetero) is 2. The number of anilines is 1. The average Bonchev–Trinajstić information content (AvgIpc) is 2.84. The van der Waals surface area contributed by atoms with Crippen molar-refractivity contribution in [3.8, 4) is 0 Å². The lowest BCUT2D eigenvalue weighted by Crippen LogP contribution is -2.47. The summed E-state index contributed by atoms with van der Waals surface area (Å²) in [6.07, 6.45) is 0.712. The number of hydrogen-bond donors (Lipinski definition) is 1. The second kappa shape index (κ2) is 6.11. The molecular formula is C23H22FNO3. The Morgan fingerprint density at radius 3 is 2.18 bits per heavy atom. The van der Waals surface area contributed by atoms with Crippen molar-refractivity contribution in [1.82, 2.24) is 0 Å². The molecule has 0 aromatic heterocycles. The van der Waals surface area contributed by atoms with Crippen LogP contribution in [0, 0.1) is 18.2 Å². The van der Waals surface area contributed by atoms with Gasteiger partial charge in [0.2, 0.25) is 11.5 Å². The standard InChI is InChI=1S/C23H22FNO3/c1-14-4-6-15(7-5-14)23(28)21(27)20-18(12-22(2,3)13-19(20)26)25(23)17-10-8-16(24)9-11-17/h4-11,28H,12-13H2,1-3H3. The summed E-state index contributed by atoms with van der Waals surface area (Å²) in [7, 11) is 0. The molecule has 1 aliphatic heterocycles. The smallest absolute Gasteiger partial charge is 0.234 e. The number of hydrogen-bond acceptors (Lipinski definition) is 4. The summed E-state index contributed by atoms with van der Waals surface area (Å²) in [5, 5.41) is 11.7. The van der Waals surface area contributed by atoms with Crippen molar-refractivity contribution >= 4 is 17.3 Å². The minimum absolute atomic E-state index is 0.0618. The zero-order valence-corrected chi connectivity index (χ0v) is 16.1. The predicted molar refractivity (Wildman–Crippen MR) is 104 cm³/mol. The summed E-state index contributed by atoms with van der Waals surface area (Å²) in [4.78, 5) is 27.7. The molecule has 0 radical (unpaired) electrons. The molecule has 1 atom stereocenters. The van der Waals surface area contributed by atoms with Gasteiger partial charge in [-0.2, -0.15) is 0 Å². The van der Waals surface area contributed by atoms with E-state index >= 15 is 0 Å². The summed E-state index contributed by atoms with van der Waals surface area (Å²) in [5.41, 5.74) is 0.0219. The summed E-state index contributed by atoms with van der Waals surface area (Å²) in [6, 6.07) is 12.6. The number of halogens is 1. The molecule has 0 saturated heterocycles. The zero-order chi connectivity index (χ0) is 20.3. The van der Waals surface area contributed by atoms with Crippen molar-refractivity contribution in [1.29, 1.82) is 0 Å². The molecule has 4 rings (SSSR count). The van der Waals surface area contributed by atoms with Gasteiger partial charge in [0.1, 0.15) is 5.82 Å². The van der Waals surface area contributed by atoms with Crippen molar-refractivity contribution in [2.45, 2.75) is 39.3 Å². The molecule has 1 N–H and O–H groups in total. The maximum absolute atomic E-state index is 13.5. The molecule has 2 aromatic carbocycles. The van der Waals surface area contributed by atoms with Gasteiger partial charge in [-0.25, -0.2) is 4.39 Å². The Bertz CT molecular complexity index is 1010. The predicted octanol–water partition coefficient (Wildman–Crippen LogP) is 4.01. The fraction of sp³-hybridized carbons (Fsp3) is 0.304. The van der Waals surface area contributed by atoms with Crippen LogP contribution in [-0.4, -0.2) is 16.7 Å². The molecule has 0 saturated carbocycles. The Balaban J connectivity index is 1.96. The average molecular weight is 379 g/mol. The number of nitrogens with zero attached hydrogens (tertiary/aromatic N) is 1. The van der Waals surface area contributed by atoms with Crippen LogP contribution >= 0.6 is 0 Å². The highest BCUT2D eigenvalue weighted by Gasteiger charge is 2.57. The van der Waals surface area contributed by atoms with Crippen molar-refractivity contribution in [3.05, 3.63) is 76.7 Å². The van der Waals surface area contributed by atoms with Gasteiger partial charge < -0.3 is 10.0 Å². The molecule has 0 amide bonds. The Labute approximate surface area is 163 Å². The molecule has 2 aromatic rings. The normalized spacial score (nSPS) is 24.0. The topological polar surface area (TPSA) is 57.6 Å². The van der Waals surface area contributed by atoms with E-state index in [-0.39, 0.29) is 23.2 Å². The first kappa shape index (κ1) is 18.6. The monoisotopic (exact) mass is 379 g/mol. The van der Waals surface area contributed by atoms with Crippen LogP contribution in [0.1, 0.15) is 37.8 Å². The number of carbonyl (C=O) groups is 2. The Morgan fingerprint density at radius 2 is 1.57 bits per heavy atom. The van der Waals surface area contributed by atoms with Crippen LogP contribution in [-0.2, 0) is 15.3 Å². The molecule has 1 unspecified atom stereocenters. The summed E-state index contributed by atoms with van der Waals surface area (Å²) in [6.45, 7) is 5.84. The van der Waals surface area contributed by atoms with Crippen LogP contribution in [0.3, 0.4) is 0 Å². The lowest BCUT2D eigenvalue weighted by atomic mass is 9.75. The quantitative estimate of drug-likeness (QED) is 0.801. The van der Waals surface area contributed by atoms with E-state index in [4.69, 9.17) is 0 Å². The maximum atomic E-state index is 13.5. The molecule has 0 spiro atoms. The first-order chi connectivity index (χ1) is 13.1. The van der Waals surface area contributed by atoms with E-state index in [1.165, 1.54) is 29.2 Å². The summed E-state index contributed by atoms with van der Waals surface area (Å²) < 4.78 is 13.5. The number of carbonyl (C=O) groups excluding carboxylic acids is 2. The number of aliphatic hydroxyl groups is 1. The van der Waals surface area contributed by atoms with E-state index in [0.29, 0.717) is 23.4 Å². The van der Waals surface area contributed by atoms with Gasteiger partial charge in [0.25, 0.3) is 0 Å². The van der Waals surface area contributed by atoms with E-state index < -0.39 is 17.3 Å². The Kier molecular flexibility index (Phi) is 4.05. The molecule has 144 valence electrons. The van der Waals surface area contributed by atoms with E-state index in [1.54, 1.807) is 12.1 Å². The highest BCUT2D eigenvalue weighted by Crippen LogP contribution is 2.50. The number of allylic oxidation sites excluding steroid dienone is 1. The lowest BCUT2D eigenvalue weighted by Gasteiger charge is -2.38. The SMILES string of the molecule is Cc1ccc(C2(O)C(=O)C3=C(CC(C)(C)CC3=O)N2c2ccc(F)cc2)cc1. The fourth-order valence-electron chi connectivity index (χ4n) is 4.19. The maximum Gasteiger partial charge on any atom is 0.234 e. The molecule has 4 nitrogen and oxygen atoms in total. The molecule has 5 heteroatoms. The third-order valence-electron chi connectivity index (χ3n) is 5.53. The van der Waals surface area contributed by atoms with Gasteiger partial charge in [0.05, 0.1) is 5.57 Å². The van der Waals surface area contributed by atoms with Gasteiger partial charge in [0, 0.05) is 23.4 Å². The summed E-state index contributed by atoms with van der Waals surface area (Å²) in [5.74, 6) is -1.29. The van der Waals surface area contributed by atoms with Gasteiger partial charge in [-0.3, -0.25) is 9.59 Å². The highest BCUT2D eigenvalue weighted by molar-refractivity contribution is 6.27. The minimum atomic E-state index is -2.04. The number of rotatable bonds is 2. The van der Waals surface area contributed by atoms with Crippen LogP contribution in [0.5, 0.6) is 0 Å². The molecular weight excluding hydrogens is 357 g/mol. The van der Waals surface area contributed by atoms with Crippen LogP contribution in [0.2, 0.25) is 0 Å². The van der Waals surface area contributed by atoms with Crippen molar-refractivity contribution in [3.63, 3.8) is 0 Å². The van der Waals surface area contributed by atoms with Crippen LogP contribution in [0.4, 0.5) is 10.1 Å². The van der Waals surface area contributed by atoms with Crippen molar-refractivity contribution < 1.29 is 19.1 Å². The fourth-order valence-corrected chi connectivity index (χ4v) is 4.19. The number of aryl methyl sites for hydroxylation is 1. The van der Waals surface area contributed by atoms with E-state index in [1.807, 2.05) is 32.9 Å². The molecule has 1 aliphatic carbocycles. The number of benzene rings is 2. The van der Waals surface area contributed by atoms with Gasteiger partial charge in [0.15, 0.2) is 5.78 Å². The molecule has 0 bridgehead atoms. The molecule has 28 heavy (non-hydrogen) atoms. The third-order valence-corrected chi connectivity index (χ3v) is 5.53. The first-order valence-corrected chi connectivity index (χ1v) is 9.30. The first-order valence-electron chi connectivity index (χ1n) is 9.30. The lowest BCUT2D eigenvalue weighted by molar-refractivity contribution is -0.133. The second-order valence-electron chi connectivity index (χ2n) is 8.44. The molecule has 1 heterocycles. The second-order valence-corrected chi connectivity index (χ2v) is 8.44. The molecule has 2 aliphatic rings. The van der Waals surface area contributed by atoms with Gasteiger partial charge >= 0.3 is 0 Å². The van der Waals surface area contributed by atoms with Gasteiger partial charge in [-0.1, -0.05) is 43.7 Å². The third kappa shape index (κ3) is 2.69. The van der Waals surface area contributed by atoms with Crippen LogP contribution in [0.15, 0.2) is 59.8 Å².